The molecule has 3 heterocycles. The molecule has 2 aromatic heterocycles. The van der Waals surface area contributed by atoms with Gasteiger partial charge < -0.3 is 15.1 Å². The Kier molecular flexibility index (Phi) is 7.60. The minimum Gasteiger partial charge on any atom is -0.355 e. The molecule has 1 N–H and O–H groups in total. The molecule has 1 fully saturated rings. The minimum absolute atomic E-state index is 0.0482. The van der Waals surface area contributed by atoms with Crippen LogP contribution in [0.5, 0.6) is 0 Å². The van der Waals surface area contributed by atoms with E-state index in [4.69, 9.17) is 0 Å². The first-order valence-corrected chi connectivity index (χ1v) is 11.5. The van der Waals surface area contributed by atoms with Crippen molar-refractivity contribution in [2.75, 3.05) is 44.2 Å². The number of hydrogen-bond acceptors (Lipinski definition) is 7. The lowest BCUT2D eigenvalue weighted by molar-refractivity contribution is -0.125. The van der Waals surface area contributed by atoms with Crippen LogP contribution in [0.3, 0.4) is 0 Å². The third-order valence-electron chi connectivity index (χ3n) is 5.43. The number of rotatable bonds is 9. The highest BCUT2D eigenvalue weighted by atomic mass is 32.1. The summed E-state index contributed by atoms with van der Waals surface area (Å²) >= 11 is 1.41. The molecular formula is C20H32N6O2S. The second-order valence-corrected chi connectivity index (χ2v) is 8.61. The molecule has 1 amide bonds. The molecule has 8 nitrogen and oxygen atoms in total. The van der Waals surface area contributed by atoms with Crippen molar-refractivity contribution in [2.45, 2.75) is 46.5 Å². The van der Waals surface area contributed by atoms with Crippen molar-refractivity contribution < 1.29 is 4.79 Å². The van der Waals surface area contributed by atoms with Gasteiger partial charge in [-0.1, -0.05) is 31.6 Å². The van der Waals surface area contributed by atoms with Gasteiger partial charge in [0.1, 0.15) is 0 Å². The summed E-state index contributed by atoms with van der Waals surface area (Å²) in [5, 5.41) is 8.32. The van der Waals surface area contributed by atoms with Gasteiger partial charge in [0.15, 0.2) is 0 Å². The summed E-state index contributed by atoms with van der Waals surface area (Å²) in [5.74, 6) is 0.0707. The smallest absolute Gasteiger partial charge is 0.275 e. The molecule has 0 bridgehead atoms. The number of hydrogen-bond donors (Lipinski definition) is 1. The summed E-state index contributed by atoms with van der Waals surface area (Å²) in [4.78, 5) is 34.3. The van der Waals surface area contributed by atoms with Gasteiger partial charge in [0, 0.05) is 37.9 Å². The number of likely N-dealkylation sites (N-methyl/N-ethyl adjacent to an activating group) is 1. The van der Waals surface area contributed by atoms with Crippen molar-refractivity contribution >= 4 is 27.3 Å². The maximum atomic E-state index is 12.7. The molecule has 3 rings (SSSR count). The minimum atomic E-state index is -0.162. The van der Waals surface area contributed by atoms with Crippen molar-refractivity contribution in [3.63, 3.8) is 0 Å². The first-order chi connectivity index (χ1) is 14.0. The normalized spacial score (nSPS) is 17.2. The zero-order chi connectivity index (χ0) is 20.8. The Morgan fingerprint density at radius 3 is 2.97 bits per heavy atom. The van der Waals surface area contributed by atoms with Gasteiger partial charge >= 0.3 is 0 Å². The van der Waals surface area contributed by atoms with Crippen molar-refractivity contribution in [3.05, 3.63) is 22.1 Å². The Morgan fingerprint density at radius 2 is 2.21 bits per heavy atom. The number of nitrogens with zero attached hydrogens (tertiary/aromatic N) is 5. The molecule has 1 atom stereocenters. The summed E-state index contributed by atoms with van der Waals surface area (Å²) in [5.41, 5.74) is 0.533. The van der Waals surface area contributed by atoms with Gasteiger partial charge in [-0.15, -0.1) is 5.10 Å². The monoisotopic (exact) mass is 420 g/mol. The molecule has 160 valence electrons. The molecule has 1 aliphatic heterocycles. The fourth-order valence-corrected chi connectivity index (χ4v) is 4.68. The highest BCUT2D eigenvalue weighted by molar-refractivity contribution is 7.20. The van der Waals surface area contributed by atoms with Crippen LogP contribution in [0.1, 0.15) is 45.2 Å². The van der Waals surface area contributed by atoms with Gasteiger partial charge in [0.25, 0.3) is 5.56 Å². The third-order valence-corrected chi connectivity index (χ3v) is 6.40. The standard InChI is InChI=1S/C20H32N6O2S/c1-4-6-10-24(5-2)12-9-21-18(28)16-8-7-11-25(14-16)20-23-26-17(27)13-15(3)22-19(26)29-20/h13,16H,4-12,14H2,1-3H3,(H,21,28). The van der Waals surface area contributed by atoms with E-state index >= 15 is 0 Å². The molecule has 0 saturated carbocycles. The Morgan fingerprint density at radius 1 is 1.38 bits per heavy atom. The number of aromatic nitrogens is 3. The number of nitrogens with one attached hydrogen (secondary N) is 1. The van der Waals surface area contributed by atoms with E-state index in [1.807, 2.05) is 6.92 Å². The predicted octanol–water partition coefficient (Wildman–Crippen LogP) is 1.91. The van der Waals surface area contributed by atoms with Crippen molar-refractivity contribution in [1.82, 2.24) is 24.8 Å². The SMILES string of the molecule is CCCCN(CC)CCNC(=O)C1CCCN(c2nn3c(=O)cc(C)nc3s2)C1. The molecule has 0 radical (unpaired) electrons. The third kappa shape index (κ3) is 5.54. The van der Waals surface area contributed by atoms with E-state index in [0.717, 1.165) is 44.2 Å². The van der Waals surface area contributed by atoms with Gasteiger partial charge in [0.05, 0.1) is 5.92 Å². The van der Waals surface area contributed by atoms with Crippen molar-refractivity contribution in [3.8, 4) is 0 Å². The molecular weight excluding hydrogens is 388 g/mol. The molecule has 2 aromatic rings. The molecule has 1 aliphatic rings. The lowest BCUT2D eigenvalue weighted by Gasteiger charge is -2.31. The first kappa shape index (κ1) is 21.7. The van der Waals surface area contributed by atoms with E-state index in [0.29, 0.717) is 23.7 Å². The zero-order valence-corrected chi connectivity index (χ0v) is 18.5. The van der Waals surface area contributed by atoms with Crippen LogP contribution in [0, 0.1) is 12.8 Å². The Bertz CT molecular complexity index is 879. The second-order valence-electron chi connectivity index (χ2n) is 7.68. The summed E-state index contributed by atoms with van der Waals surface area (Å²) in [7, 11) is 0. The molecule has 1 saturated heterocycles. The molecule has 9 heteroatoms. The number of piperidine rings is 1. The van der Waals surface area contributed by atoms with Gasteiger partial charge in [0.2, 0.25) is 16.0 Å². The van der Waals surface area contributed by atoms with Gasteiger partial charge in [-0.2, -0.15) is 4.52 Å². The number of fused-ring (bicyclic) bond motifs is 1. The van der Waals surface area contributed by atoms with E-state index in [-0.39, 0.29) is 17.4 Å². The molecule has 0 aliphatic carbocycles. The van der Waals surface area contributed by atoms with Gasteiger partial charge in [-0.3, -0.25) is 9.59 Å². The van der Waals surface area contributed by atoms with Gasteiger partial charge in [-0.05, 0) is 39.3 Å². The van der Waals surface area contributed by atoms with Crippen LogP contribution in [-0.2, 0) is 4.79 Å². The molecule has 0 spiro atoms. The summed E-state index contributed by atoms with van der Waals surface area (Å²) in [6.45, 7) is 11.3. The van der Waals surface area contributed by atoms with Crippen molar-refractivity contribution in [1.29, 1.82) is 0 Å². The van der Waals surface area contributed by atoms with E-state index in [9.17, 15) is 9.59 Å². The first-order valence-electron chi connectivity index (χ1n) is 10.6. The molecule has 1 unspecified atom stereocenters. The van der Waals surface area contributed by atoms with Crippen LogP contribution in [0.25, 0.3) is 4.96 Å². The van der Waals surface area contributed by atoms with E-state index < -0.39 is 0 Å². The number of carbonyl (C=O) groups is 1. The topological polar surface area (TPSA) is 82.8 Å². The van der Waals surface area contributed by atoms with E-state index in [1.165, 1.54) is 34.8 Å². The lowest BCUT2D eigenvalue weighted by Crippen LogP contribution is -2.45. The summed E-state index contributed by atoms with van der Waals surface area (Å²) in [6, 6.07) is 1.49. The second kappa shape index (κ2) is 10.2. The number of unbranched alkanes of at least 4 members (excludes halogenated alkanes) is 1. The zero-order valence-electron chi connectivity index (χ0n) is 17.7. The maximum Gasteiger partial charge on any atom is 0.275 e. The average Bonchev–Trinajstić information content (AvgIpc) is 3.15. The number of anilines is 1. The Hall–Kier alpha value is -2.00. The van der Waals surface area contributed by atoms with E-state index in [2.05, 4.69) is 39.0 Å². The quantitative estimate of drug-likeness (QED) is 0.667. The van der Waals surface area contributed by atoms with Crippen LogP contribution >= 0.6 is 11.3 Å². The van der Waals surface area contributed by atoms with Crippen LogP contribution in [-0.4, -0.2) is 64.7 Å². The van der Waals surface area contributed by atoms with Crippen LogP contribution in [0.15, 0.2) is 10.9 Å². The lowest BCUT2D eigenvalue weighted by atomic mass is 9.97. The van der Waals surface area contributed by atoms with Crippen LogP contribution in [0.2, 0.25) is 0 Å². The largest absolute Gasteiger partial charge is 0.355 e. The molecule has 29 heavy (non-hydrogen) atoms. The predicted molar refractivity (Wildman–Crippen MR) is 117 cm³/mol. The maximum absolute atomic E-state index is 12.7. The highest BCUT2D eigenvalue weighted by Crippen LogP contribution is 2.26. The number of aryl methyl sites for hydroxylation is 1. The van der Waals surface area contributed by atoms with Crippen molar-refractivity contribution in [2.24, 2.45) is 5.92 Å². The van der Waals surface area contributed by atoms with Crippen LogP contribution in [0.4, 0.5) is 5.13 Å². The Balaban J connectivity index is 1.57. The van der Waals surface area contributed by atoms with Crippen LogP contribution < -0.4 is 15.8 Å². The molecule has 0 aromatic carbocycles. The fraction of sp³-hybridized carbons (Fsp3) is 0.700. The fourth-order valence-electron chi connectivity index (χ4n) is 3.69. The Labute approximate surface area is 175 Å². The summed E-state index contributed by atoms with van der Waals surface area (Å²) < 4.78 is 1.35. The average molecular weight is 421 g/mol. The van der Waals surface area contributed by atoms with E-state index in [1.54, 1.807) is 0 Å². The highest BCUT2D eigenvalue weighted by Gasteiger charge is 2.27. The van der Waals surface area contributed by atoms with Gasteiger partial charge in [-0.25, -0.2) is 4.98 Å². The number of carbonyl (C=O) groups excluding carboxylic acids is 1. The number of amides is 1. The summed E-state index contributed by atoms with van der Waals surface area (Å²) in [6.07, 6.45) is 4.21.